The topological polar surface area (TPSA) is 54.5 Å². The number of rotatable bonds is 5. The molecule has 0 bridgehead atoms. The van der Waals surface area contributed by atoms with Crippen molar-refractivity contribution in [3.05, 3.63) is 89.2 Å². The SMILES string of the molecule is COc1ccc([C@H]2[NH2+]CCc3c2[nH]c2ccccc32)cc1CSc1ccccn1. The van der Waals surface area contributed by atoms with Crippen molar-refractivity contribution in [3.63, 3.8) is 0 Å². The van der Waals surface area contributed by atoms with Crippen LogP contribution >= 0.6 is 11.8 Å². The van der Waals surface area contributed by atoms with Gasteiger partial charge in [0.25, 0.3) is 0 Å². The number of benzene rings is 2. The third-order valence-electron chi connectivity index (χ3n) is 5.63. The number of nitrogens with two attached hydrogens (primary N) is 1. The first kappa shape index (κ1) is 18.3. The highest BCUT2D eigenvalue weighted by atomic mass is 32.2. The van der Waals surface area contributed by atoms with E-state index in [0.29, 0.717) is 0 Å². The second-order valence-electron chi connectivity index (χ2n) is 7.34. The summed E-state index contributed by atoms with van der Waals surface area (Å²) < 4.78 is 5.64. The Morgan fingerprint density at radius 3 is 2.90 bits per heavy atom. The molecule has 3 N–H and O–H groups in total. The number of fused-ring (bicyclic) bond motifs is 3. The summed E-state index contributed by atoms with van der Waals surface area (Å²) in [6.45, 7) is 1.10. The van der Waals surface area contributed by atoms with Gasteiger partial charge < -0.3 is 15.0 Å². The zero-order chi connectivity index (χ0) is 19.6. The molecular weight excluding hydrogens is 378 g/mol. The van der Waals surface area contributed by atoms with E-state index in [1.165, 1.54) is 33.3 Å². The predicted octanol–water partition coefficient (Wildman–Crippen LogP) is 4.07. The van der Waals surface area contributed by atoms with E-state index in [1.807, 2.05) is 24.4 Å². The van der Waals surface area contributed by atoms with Crippen molar-refractivity contribution in [2.45, 2.75) is 23.2 Å². The summed E-state index contributed by atoms with van der Waals surface area (Å²) in [5.74, 6) is 1.77. The number of nitrogens with zero attached hydrogens (tertiary/aromatic N) is 1. The third-order valence-corrected chi connectivity index (χ3v) is 6.62. The molecule has 146 valence electrons. The van der Waals surface area contributed by atoms with Crippen molar-refractivity contribution in [1.29, 1.82) is 0 Å². The first-order valence-electron chi connectivity index (χ1n) is 9.97. The summed E-state index contributed by atoms with van der Waals surface area (Å²) in [5.41, 5.74) is 6.56. The van der Waals surface area contributed by atoms with Crippen LogP contribution in [0.3, 0.4) is 0 Å². The molecule has 0 fully saturated rings. The van der Waals surface area contributed by atoms with Crippen LogP contribution in [0.15, 0.2) is 71.9 Å². The molecule has 1 atom stereocenters. The van der Waals surface area contributed by atoms with Crippen molar-refractivity contribution in [1.82, 2.24) is 9.97 Å². The van der Waals surface area contributed by atoms with Crippen LogP contribution < -0.4 is 10.1 Å². The second-order valence-corrected chi connectivity index (χ2v) is 8.34. The van der Waals surface area contributed by atoms with Crippen LogP contribution in [-0.4, -0.2) is 23.6 Å². The standard InChI is InChI=1S/C24H23N3OS/c1-28-21-10-9-16(14-17(21)15-29-22-8-4-5-12-25-22)23-24-19(11-13-26-23)18-6-2-3-7-20(18)27-24/h2-10,12,14,23,26-27H,11,13,15H2,1H3/p+1/t23-/m1/s1. The minimum absolute atomic E-state index is 0.288. The maximum atomic E-state index is 5.64. The van der Waals surface area contributed by atoms with Crippen LogP contribution in [0, 0.1) is 0 Å². The number of ether oxygens (including phenoxy) is 1. The smallest absolute Gasteiger partial charge is 0.153 e. The Hall–Kier alpha value is -2.76. The average Bonchev–Trinajstić information content (AvgIpc) is 3.17. The number of aromatic nitrogens is 2. The molecule has 1 aliphatic rings. The summed E-state index contributed by atoms with van der Waals surface area (Å²) in [6, 6.07) is 21.6. The lowest BCUT2D eigenvalue weighted by Gasteiger charge is -2.22. The molecule has 3 heterocycles. The first-order chi connectivity index (χ1) is 14.3. The van der Waals surface area contributed by atoms with Crippen LogP contribution in [0.25, 0.3) is 10.9 Å². The number of thioether (sulfide) groups is 1. The number of pyridine rings is 1. The fourth-order valence-electron chi connectivity index (χ4n) is 4.26. The van der Waals surface area contributed by atoms with Gasteiger partial charge in [-0.25, -0.2) is 4.98 Å². The molecule has 0 aliphatic carbocycles. The summed E-state index contributed by atoms with van der Waals surface area (Å²) in [4.78, 5) is 8.12. The number of nitrogens with one attached hydrogen (secondary N) is 1. The Balaban J connectivity index is 1.49. The van der Waals surface area contributed by atoms with Crippen molar-refractivity contribution in [2.24, 2.45) is 0 Å². The van der Waals surface area contributed by atoms with Crippen molar-refractivity contribution in [3.8, 4) is 5.75 Å². The van der Waals surface area contributed by atoms with Crippen LogP contribution in [0.1, 0.15) is 28.4 Å². The summed E-state index contributed by atoms with van der Waals surface area (Å²) in [5, 5.41) is 4.83. The van der Waals surface area contributed by atoms with Gasteiger partial charge in [0.05, 0.1) is 24.4 Å². The third kappa shape index (κ3) is 3.52. The quantitative estimate of drug-likeness (QED) is 0.495. The molecule has 0 unspecified atom stereocenters. The number of methoxy groups -OCH3 is 1. The van der Waals surface area contributed by atoms with Crippen LogP contribution in [0.5, 0.6) is 5.75 Å². The van der Waals surface area contributed by atoms with Crippen LogP contribution in [0.2, 0.25) is 0 Å². The second kappa shape index (κ2) is 7.93. The van der Waals surface area contributed by atoms with Gasteiger partial charge in [0.15, 0.2) is 6.04 Å². The molecule has 5 rings (SSSR count). The minimum Gasteiger partial charge on any atom is -0.496 e. The monoisotopic (exact) mass is 402 g/mol. The highest BCUT2D eigenvalue weighted by Crippen LogP contribution is 2.34. The van der Waals surface area contributed by atoms with E-state index in [4.69, 9.17) is 4.74 Å². The van der Waals surface area contributed by atoms with Gasteiger partial charge in [0.1, 0.15) is 5.75 Å². The Bertz CT molecular complexity index is 1140. The van der Waals surface area contributed by atoms with Crippen molar-refractivity contribution < 1.29 is 10.1 Å². The predicted molar refractivity (Wildman–Crippen MR) is 117 cm³/mol. The lowest BCUT2D eigenvalue weighted by Crippen LogP contribution is -2.87. The molecule has 0 radical (unpaired) electrons. The lowest BCUT2D eigenvalue weighted by atomic mass is 9.93. The van der Waals surface area contributed by atoms with Gasteiger partial charge >= 0.3 is 0 Å². The largest absolute Gasteiger partial charge is 0.496 e. The molecule has 0 saturated heterocycles. The van der Waals surface area contributed by atoms with Gasteiger partial charge in [0, 0.05) is 40.4 Å². The van der Waals surface area contributed by atoms with E-state index < -0.39 is 0 Å². The molecule has 2 aromatic heterocycles. The zero-order valence-corrected chi connectivity index (χ0v) is 17.2. The Morgan fingerprint density at radius 2 is 2.03 bits per heavy atom. The van der Waals surface area contributed by atoms with Gasteiger partial charge in [-0.15, -0.1) is 11.8 Å². The lowest BCUT2D eigenvalue weighted by molar-refractivity contribution is -0.690. The number of aromatic amines is 1. The fourth-order valence-corrected chi connectivity index (χ4v) is 5.10. The summed E-state index contributed by atoms with van der Waals surface area (Å²) >= 11 is 1.74. The van der Waals surface area contributed by atoms with E-state index in [2.05, 4.69) is 57.7 Å². The summed E-state index contributed by atoms with van der Waals surface area (Å²) in [7, 11) is 1.74. The number of hydrogen-bond donors (Lipinski definition) is 2. The Labute approximate surface area is 174 Å². The van der Waals surface area contributed by atoms with E-state index in [-0.39, 0.29) is 6.04 Å². The van der Waals surface area contributed by atoms with E-state index in [9.17, 15) is 0 Å². The molecule has 1 aliphatic heterocycles. The van der Waals surface area contributed by atoms with Gasteiger partial charge in [-0.05, 0) is 42.0 Å². The molecular formula is C24H24N3OS+. The molecule has 5 heteroatoms. The van der Waals surface area contributed by atoms with Crippen molar-refractivity contribution >= 4 is 22.7 Å². The van der Waals surface area contributed by atoms with E-state index in [0.717, 1.165) is 29.5 Å². The maximum absolute atomic E-state index is 5.64. The van der Waals surface area contributed by atoms with E-state index in [1.54, 1.807) is 18.9 Å². The fraction of sp³-hybridized carbons (Fsp3) is 0.208. The molecule has 4 nitrogen and oxygen atoms in total. The maximum Gasteiger partial charge on any atom is 0.153 e. The molecule has 4 aromatic rings. The number of quaternary nitrogens is 1. The highest BCUT2D eigenvalue weighted by Gasteiger charge is 2.29. The average molecular weight is 403 g/mol. The number of hydrogen-bond acceptors (Lipinski definition) is 3. The van der Waals surface area contributed by atoms with Crippen molar-refractivity contribution in [2.75, 3.05) is 13.7 Å². The van der Waals surface area contributed by atoms with Gasteiger partial charge in [-0.3, -0.25) is 0 Å². The number of H-pyrrole nitrogens is 1. The molecule has 0 spiro atoms. The number of para-hydroxylation sites is 1. The van der Waals surface area contributed by atoms with Gasteiger partial charge in [-0.2, -0.15) is 0 Å². The molecule has 29 heavy (non-hydrogen) atoms. The molecule has 0 saturated carbocycles. The van der Waals surface area contributed by atoms with Crippen LogP contribution in [-0.2, 0) is 12.2 Å². The van der Waals surface area contributed by atoms with E-state index >= 15 is 0 Å². The molecule has 2 aromatic carbocycles. The van der Waals surface area contributed by atoms with Gasteiger partial charge in [0.2, 0.25) is 0 Å². The Morgan fingerprint density at radius 1 is 1.14 bits per heavy atom. The van der Waals surface area contributed by atoms with Gasteiger partial charge in [-0.1, -0.05) is 24.3 Å². The zero-order valence-electron chi connectivity index (χ0n) is 16.4. The normalized spacial score (nSPS) is 16.0. The Kier molecular flexibility index (Phi) is 5.00. The molecule has 0 amide bonds. The highest BCUT2D eigenvalue weighted by molar-refractivity contribution is 7.98. The van der Waals surface area contributed by atoms with Crippen LogP contribution in [0.4, 0.5) is 0 Å². The first-order valence-corrected chi connectivity index (χ1v) is 11.0. The summed E-state index contributed by atoms with van der Waals surface area (Å²) in [6.07, 6.45) is 2.94. The minimum atomic E-state index is 0.288.